The Labute approximate surface area is 147 Å². The predicted octanol–water partition coefficient (Wildman–Crippen LogP) is 0.972. The molecule has 9 heteroatoms. The fraction of sp³-hybridized carbons (Fsp3) is 0.400. The number of pyridine rings is 1. The van der Waals surface area contributed by atoms with Gasteiger partial charge < -0.3 is 25.2 Å². The Bertz CT molecular complexity index is 624. The van der Waals surface area contributed by atoms with Crippen molar-refractivity contribution in [2.45, 2.75) is 6.04 Å². The van der Waals surface area contributed by atoms with E-state index in [9.17, 15) is 9.59 Å². The van der Waals surface area contributed by atoms with E-state index in [-0.39, 0.29) is 0 Å². The summed E-state index contributed by atoms with van der Waals surface area (Å²) in [6, 6.07) is 2.72. The predicted molar refractivity (Wildman–Crippen MR) is 90.4 cm³/mol. The molecule has 0 radical (unpaired) electrons. The second kappa shape index (κ2) is 8.11. The van der Waals surface area contributed by atoms with E-state index in [1.165, 1.54) is 0 Å². The number of nitrogens with zero attached hydrogens (tertiary/aromatic N) is 2. The van der Waals surface area contributed by atoms with Gasteiger partial charge in [-0.3, -0.25) is 0 Å². The standard InChI is InChI=1S/C11H14BrN3O.C4H4O4/c1-16-10-2-8(4-14-11(10)12)15-5-7-3-13-9(7)6-15;5-3(6)1-2-4(7)8/h2,4,7,9,13H,3,5-6H2,1H3;1-2H,(H,5,6)(H,7,8)/b;2-1+/t7-,9+;/m1./s1. The van der Waals surface area contributed by atoms with Gasteiger partial charge in [0.05, 0.1) is 19.0 Å². The third-order valence-electron chi connectivity index (χ3n) is 3.83. The van der Waals surface area contributed by atoms with Crippen molar-refractivity contribution in [3.63, 3.8) is 0 Å². The van der Waals surface area contributed by atoms with Crippen LogP contribution in [0, 0.1) is 5.92 Å². The molecule has 3 N–H and O–H groups in total. The number of aromatic nitrogens is 1. The molecule has 0 amide bonds. The van der Waals surface area contributed by atoms with E-state index in [1.54, 1.807) is 7.11 Å². The molecular formula is C15H18BrN3O5. The van der Waals surface area contributed by atoms with E-state index < -0.39 is 11.9 Å². The molecule has 0 aromatic carbocycles. The summed E-state index contributed by atoms with van der Waals surface area (Å²) in [5.74, 6) is -0.904. The summed E-state index contributed by atoms with van der Waals surface area (Å²) in [5.41, 5.74) is 1.15. The summed E-state index contributed by atoms with van der Waals surface area (Å²) >= 11 is 3.37. The van der Waals surface area contributed by atoms with Crippen LogP contribution in [-0.2, 0) is 9.59 Å². The molecule has 8 nitrogen and oxygen atoms in total. The number of carboxylic acids is 2. The van der Waals surface area contributed by atoms with Crippen LogP contribution in [0.2, 0.25) is 0 Å². The molecule has 0 bridgehead atoms. The van der Waals surface area contributed by atoms with Gasteiger partial charge >= 0.3 is 11.9 Å². The Hall–Kier alpha value is -2.13. The molecule has 3 heterocycles. The maximum absolute atomic E-state index is 9.55. The topological polar surface area (TPSA) is 112 Å². The first kappa shape index (κ1) is 18.2. The number of ether oxygens (including phenoxy) is 1. The number of hydrogen-bond acceptors (Lipinski definition) is 6. The second-order valence-electron chi connectivity index (χ2n) is 5.38. The van der Waals surface area contributed by atoms with Crippen molar-refractivity contribution < 1.29 is 24.5 Å². The van der Waals surface area contributed by atoms with Gasteiger partial charge in [0.15, 0.2) is 5.75 Å². The van der Waals surface area contributed by atoms with Gasteiger partial charge in [0, 0.05) is 49.8 Å². The van der Waals surface area contributed by atoms with Gasteiger partial charge in [0.1, 0.15) is 4.60 Å². The van der Waals surface area contributed by atoms with E-state index in [2.05, 4.69) is 31.1 Å². The third kappa shape index (κ3) is 4.68. The van der Waals surface area contributed by atoms with Crippen molar-refractivity contribution in [2.24, 2.45) is 5.92 Å². The van der Waals surface area contributed by atoms with Gasteiger partial charge in [-0.2, -0.15) is 0 Å². The molecule has 2 aliphatic rings. The van der Waals surface area contributed by atoms with Crippen molar-refractivity contribution in [1.82, 2.24) is 10.3 Å². The summed E-state index contributed by atoms with van der Waals surface area (Å²) in [7, 11) is 1.67. The molecule has 2 saturated heterocycles. The molecule has 0 saturated carbocycles. The summed E-state index contributed by atoms with van der Waals surface area (Å²) in [4.78, 5) is 25.8. The normalized spacial score (nSPS) is 21.5. The summed E-state index contributed by atoms with van der Waals surface area (Å²) in [6.45, 7) is 3.36. The lowest BCUT2D eigenvalue weighted by atomic mass is 9.96. The largest absolute Gasteiger partial charge is 0.494 e. The van der Waals surface area contributed by atoms with Crippen LogP contribution in [0.15, 0.2) is 29.0 Å². The van der Waals surface area contributed by atoms with E-state index in [4.69, 9.17) is 14.9 Å². The van der Waals surface area contributed by atoms with Crippen LogP contribution in [0.5, 0.6) is 5.75 Å². The number of rotatable bonds is 4. The first-order valence-electron chi connectivity index (χ1n) is 7.22. The monoisotopic (exact) mass is 399 g/mol. The second-order valence-corrected chi connectivity index (χ2v) is 6.13. The minimum Gasteiger partial charge on any atom is -0.494 e. The molecule has 0 aliphatic carbocycles. The van der Waals surface area contributed by atoms with Crippen molar-refractivity contribution in [2.75, 3.05) is 31.6 Å². The number of aliphatic carboxylic acids is 2. The minimum absolute atomic E-state index is 0.558. The Morgan fingerprint density at radius 2 is 2.04 bits per heavy atom. The molecule has 24 heavy (non-hydrogen) atoms. The Kier molecular flexibility index (Phi) is 6.16. The van der Waals surface area contributed by atoms with Crippen molar-refractivity contribution in [3.05, 3.63) is 29.0 Å². The lowest BCUT2D eigenvalue weighted by Gasteiger charge is -2.29. The highest BCUT2D eigenvalue weighted by molar-refractivity contribution is 9.10. The Morgan fingerprint density at radius 1 is 1.38 bits per heavy atom. The number of anilines is 1. The summed E-state index contributed by atoms with van der Waals surface area (Å²) < 4.78 is 6.03. The molecule has 130 valence electrons. The number of hydrogen-bond donors (Lipinski definition) is 3. The number of carboxylic acid groups (broad SMARTS) is 2. The van der Waals surface area contributed by atoms with Crippen LogP contribution in [0.4, 0.5) is 5.69 Å². The maximum Gasteiger partial charge on any atom is 0.328 e. The van der Waals surface area contributed by atoms with Crippen LogP contribution < -0.4 is 15.0 Å². The fourth-order valence-corrected chi connectivity index (χ4v) is 2.92. The number of fused-ring (bicyclic) bond motifs is 1. The zero-order valence-corrected chi connectivity index (χ0v) is 14.6. The number of nitrogens with one attached hydrogen (secondary N) is 1. The summed E-state index contributed by atoms with van der Waals surface area (Å²) in [5, 5.41) is 19.1. The van der Waals surface area contributed by atoms with E-state index in [1.807, 2.05) is 12.3 Å². The van der Waals surface area contributed by atoms with Gasteiger partial charge in [-0.25, -0.2) is 14.6 Å². The van der Waals surface area contributed by atoms with Gasteiger partial charge in [-0.1, -0.05) is 0 Å². The first-order chi connectivity index (χ1) is 11.4. The van der Waals surface area contributed by atoms with E-state index >= 15 is 0 Å². The van der Waals surface area contributed by atoms with Gasteiger partial charge in [-0.05, 0) is 15.9 Å². The maximum atomic E-state index is 9.55. The SMILES string of the molecule is COc1cc(N2C[C@H]3CN[C@H]3C2)cnc1Br.O=C(O)/C=C/C(=O)O. The first-order valence-corrected chi connectivity index (χ1v) is 8.01. The highest BCUT2D eigenvalue weighted by Crippen LogP contribution is 2.32. The molecule has 0 unspecified atom stereocenters. The molecule has 1 aromatic rings. The van der Waals surface area contributed by atoms with Gasteiger partial charge in [0.2, 0.25) is 0 Å². The number of halogens is 1. The molecule has 2 atom stereocenters. The van der Waals surface area contributed by atoms with Crippen LogP contribution in [-0.4, -0.2) is 59.9 Å². The highest BCUT2D eigenvalue weighted by Gasteiger charge is 2.39. The lowest BCUT2D eigenvalue weighted by molar-refractivity contribution is -0.134. The highest BCUT2D eigenvalue weighted by atomic mass is 79.9. The number of carbonyl (C=O) groups is 2. The number of methoxy groups -OCH3 is 1. The van der Waals surface area contributed by atoms with E-state index in [0.29, 0.717) is 18.2 Å². The smallest absolute Gasteiger partial charge is 0.328 e. The molecule has 0 spiro atoms. The van der Waals surface area contributed by atoms with Crippen molar-refractivity contribution >= 4 is 33.6 Å². The van der Waals surface area contributed by atoms with Crippen LogP contribution in [0.3, 0.4) is 0 Å². The average molecular weight is 400 g/mol. The molecule has 2 fully saturated rings. The summed E-state index contributed by atoms with van der Waals surface area (Å²) in [6.07, 6.45) is 3.02. The van der Waals surface area contributed by atoms with Gasteiger partial charge in [0.25, 0.3) is 0 Å². The van der Waals surface area contributed by atoms with Crippen LogP contribution in [0.25, 0.3) is 0 Å². The average Bonchev–Trinajstić information content (AvgIpc) is 2.82. The lowest BCUT2D eigenvalue weighted by Crippen LogP contribution is -2.51. The zero-order valence-electron chi connectivity index (χ0n) is 13.0. The zero-order chi connectivity index (χ0) is 17.7. The van der Waals surface area contributed by atoms with Crippen LogP contribution in [0.1, 0.15) is 0 Å². The van der Waals surface area contributed by atoms with Crippen LogP contribution >= 0.6 is 15.9 Å². The molecule has 2 aliphatic heterocycles. The minimum atomic E-state index is -1.26. The molecule has 3 rings (SSSR count). The van der Waals surface area contributed by atoms with Gasteiger partial charge in [-0.15, -0.1) is 0 Å². The van der Waals surface area contributed by atoms with Crippen molar-refractivity contribution in [3.8, 4) is 5.75 Å². The van der Waals surface area contributed by atoms with Crippen molar-refractivity contribution in [1.29, 1.82) is 0 Å². The van der Waals surface area contributed by atoms with E-state index in [0.717, 1.165) is 41.6 Å². The quantitative estimate of drug-likeness (QED) is 0.507. The molecular weight excluding hydrogens is 382 g/mol. The Morgan fingerprint density at radius 3 is 2.46 bits per heavy atom. The Balaban J connectivity index is 0.000000224. The third-order valence-corrected chi connectivity index (χ3v) is 4.42. The molecule has 1 aromatic heterocycles. The fourth-order valence-electron chi connectivity index (χ4n) is 2.54.